The Hall–Kier alpha value is -2.63. The van der Waals surface area contributed by atoms with Crippen LogP contribution in [0.4, 0.5) is 0 Å². The van der Waals surface area contributed by atoms with Crippen LogP contribution in [-0.4, -0.2) is 31.4 Å². The lowest BCUT2D eigenvalue weighted by atomic mass is 10.1. The highest BCUT2D eigenvalue weighted by Crippen LogP contribution is 2.57. The number of benzene rings is 1. The lowest BCUT2D eigenvalue weighted by molar-refractivity contribution is 0.413. The summed E-state index contributed by atoms with van der Waals surface area (Å²) >= 11 is 0. The van der Waals surface area contributed by atoms with Crippen molar-refractivity contribution >= 4 is 0 Å². The molecular weight excluding hydrogens is 314 g/mol. The third kappa shape index (κ3) is 2.71. The summed E-state index contributed by atoms with van der Waals surface area (Å²) in [7, 11) is 3.60. The first kappa shape index (κ1) is 15.9. The van der Waals surface area contributed by atoms with Gasteiger partial charge in [0.05, 0.1) is 12.8 Å². The lowest BCUT2D eigenvalue weighted by Gasteiger charge is -2.09. The van der Waals surface area contributed by atoms with E-state index >= 15 is 0 Å². The van der Waals surface area contributed by atoms with Crippen LogP contribution in [0.5, 0.6) is 5.75 Å². The molecular formula is C19H23N5O. The second-order valence-corrected chi connectivity index (χ2v) is 7.50. The van der Waals surface area contributed by atoms with Crippen molar-refractivity contribution in [3.63, 3.8) is 0 Å². The third-order valence-corrected chi connectivity index (χ3v) is 5.03. The average Bonchev–Trinajstić information content (AvgIpc) is 2.95. The maximum absolute atomic E-state index is 5.48. The van der Waals surface area contributed by atoms with Crippen LogP contribution < -0.4 is 4.74 Å². The Morgan fingerprint density at radius 3 is 2.72 bits per heavy atom. The molecule has 1 saturated carbocycles. The Morgan fingerprint density at radius 1 is 1.28 bits per heavy atom. The second kappa shape index (κ2) is 5.44. The molecule has 0 spiro atoms. The SMILES string of the molecule is COc1ccc(C)cc1-n1cnc(-c2nc(C3CC3(C)C)nn2C)c1. The van der Waals surface area contributed by atoms with Crippen molar-refractivity contribution in [2.45, 2.75) is 33.1 Å². The molecule has 4 rings (SSSR count). The highest BCUT2D eigenvalue weighted by Gasteiger charge is 2.49. The standard InChI is InChI=1S/C19H23N5O/c1-12-6-7-16(25-5)15(8-12)24-10-14(20-11-24)18-21-17(22-23(18)4)13-9-19(13,2)3/h6-8,10-11,13H,9H2,1-5H3. The molecule has 0 bridgehead atoms. The van der Waals surface area contributed by atoms with Crippen molar-refractivity contribution in [3.8, 4) is 23.0 Å². The number of hydrogen-bond acceptors (Lipinski definition) is 4. The molecule has 2 aromatic heterocycles. The topological polar surface area (TPSA) is 57.8 Å². The van der Waals surface area contributed by atoms with Gasteiger partial charge in [-0.15, -0.1) is 0 Å². The van der Waals surface area contributed by atoms with Crippen LogP contribution >= 0.6 is 0 Å². The molecule has 0 radical (unpaired) electrons. The van der Waals surface area contributed by atoms with Crippen LogP contribution in [0.25, 0.3) is 17.2 Å². The van der Waals surface area contributed by atoms with Crippen molar-refractivity contribution in [3.05, 3.63) is 42.1 Å². The van der Waals surface area contributed by atoms with Crippen LogP contribution in [0, 0.1) is 12.3 Å². The minimum Gasteiger partial charge on any atom is -0.495 e. The molecule has 1 unspecified atom stereocenters. The van der Waals surface area contributed by atoms with Gasteiger partial charge in [-0.1, -0.05) is 19.9 Å². The van der Waals surface area contributed by atoms with Crippen LogP contribution in [0.2, 0.25) is 0 Å². The summed E-state index contributed by atoms with van der Waals surface area (Å²) in [4.78, 5) is 9.29. The number of imidazole rings is 1. The predicted octanol–water partition coefficient (Wildman–Crippen LogP) is 3.50. The van der Waals surface area contributed by atoms with Gasteiger partial charge in [0.25, 0.3) is 0 Å². The van der Waals surface area contributed by atoms with E-state index in [0.717, 1.165) is 35.2 Å². The molecule has 0 saturated heterocycles. The van der Waals surface area contributed by atoms with E-state index in [4.69, 9.17) is 9.72 Å². The minimum atomic E-state index is 0.312. The molecule has 3 aromatic rings. The summed E-state index contributed by atoms with van der Waals surface area (Å²) in [6.45, 7) is 6.58. The van der Waals surface area contributed by atoms with Crippen LogP contribution in [0.3, 0.4) is 0 Å². The van der Waals surface area contributed by atoms with Gasteiger partial charge >= 0.3 is 0 Å². The second-order valence-electron chi connectivity index (χ2n) is 7.50. The largest absolute Gasteiger partial charge is 0.495 e. The number of aromatic nitrogens is 5. The highest BCUT2D eigenvalue weighted by atomic mass is 16.5. The van der Waals surface area contributed by atoms with Crippen LogP contribution in [0.15, 0.2) is 30.7 Å². The lowest BCUT2D eigenvalue weighted by Crippen LogP contribution is -1.97. The van der Waals surface area contributed by atoms with Gasteiger partial charge in [0.1, 0.15) is 17.8 Å². The molecule has 1 fully saturated rings. The first-order chi connectivity index (χ1) is 11.9. The Kier molecular flexibility index (Phi) is 3.45. The summed E-state index contributed by atoms with van der Waals surface area (Å²) in [5.41, 5.74) is 3.26. The van der Waals surface area contributed by atoms with Crippen LogP contribution in [-0.2, 0) is 7.05 Å². The quantitative estimate of drug-likeness (QED) is 0.731. The van der Waals surface area contributed by atoms with E-state index < -0.39 is 0 Å². The Morgan fingerprint density at radius 2 is 2.04 bits per heavy atom. The monoisotopic (exact) mass is 337 g/mol. The maximum Gasteiger partial charge on any atom is 0.178 e. The van der Waals surface area contributed by atoms with Gasteiger partial charge in [-0.25, -0.2) is 14.6 Å². The average molecular weight is 337 g/mol. The Bertz CT molecular complexity index is 937. The number of rotatable bonds is 4. The van der Waals surface area contributed by atoms with E-state index in [1.54, 1.807) is 13.4 Å². The van der Waals surface area contributed by atoms with Crippen molar-refractivity contribution in [2.24, 2.45) is 12.5 Å². The molecule has 1 atom stereocenters. The normalized spacial score (nSPS) is 18.4. The summed E-state index contributed by atoms with van der Waals surface area (Å²) in [5, 5.41) is 4.61. The summed E-state index contributed by atoms with van der Waals surface area (Å²) < 4.78 is 9.27. The van der Waals surface area contributed by atoms with Gasteiger partial charge in [-0.2, -0.15) is 5.10 Å². The van der Waals surface area contributed by atoms with Gasteiger partial charge in [-0.3, -0.25) is 0 Å². The zero-order valence-electron chi connectivity index (χ0n) is 15.3. The molecule has 1 aliphatic carbocycles. The number of aryl methyl sites for hydroxylation is 2. The summed E-state index contributed by atoms with van der Waals surface area (Å²) in [6.07, 6.45) is 4.91. The van der Waals surface area contributed by atoms with Crippen molar-refractivity contribution in [1.29, 1.82) is 0 Å². The summed E-state index contributed by atoms with van der Waals surface area (Å²) in [6, 6.07) is 6.09. The highest BCUT2D eigenvalue weighted by molar-refractivity contribution is 5.54. The molecule has 6 nitrogen and oxygen atoms in total. The number of nitrogens with zero attached hydrogens (tertiary/aromatic N) is 5. The number of methoxy groups -OCH3 is 1. The summed E-state index contributed by atoms with van der Waals surface area (Å²) in [5.74, 6) is 2.98. The predicted molar refractivity (Wildman–Crippen MR) is 96.0 cm³/mol. The molecule has 6 heteroatoms. The van der Waals surface area contributed by atoms with Crippen molar-refractivity contribution in [1.82, 2.24) is 24.3 Å². The Labute approximate surface area is 147 Å². The van der Waals surface area contributed by atoms with Gasteiger partial charge < -0.3 is 9.30 Å². The molecule has 0 aliphatic heterocycles. The smallest absolute Gasteiger partial charge is 0.178 e. The molecule has 25 heavy (non-hydrogen) atoms. The third-order valence-electron chi connectivity index (χ3n) is 5.03. The zero-order valence-corrected chi connectivity index (χ0v) is 15.3. The fourth-order valence-electron chi connectivity index (χ4n) is 3.25. The van der Waals surface area contributed by atoms with Gasteiger partial charge in [0.2, 0.25) is 0 Å². The molecule has 0 N–H and O–H groups in total. The van der Waals surface area contributed by atoms with Crippen LogP contribution in [0.1, 0.15) is 37.6 Å². The first-order valence-electron chi connectivity index (χ1n) is 8.49. The Balaban J connectivity index is 1.70. The van der Waals surface area contributed by atoms with E-state index in [1.165, 1.54) is 5.56 Å². The molecule has 130 valence electrons. The van der Waals surface area contributed by atoms with E-state index in [9.17, 15) is 0 Å². The fourth-order valence-corrected chi connectivity index (χ4v) is 3.25. The first-order valence-corrected chi connectivity index (χ1v) is 8.49. The van der Waals surface area contributed by atoms with Crippen molar-refractivity contribution < 1.29 is 4.74 Å². The van der Waals surface area contributed by atoms with E-state index in [1.807, 2.05) is 34.6 Å². The minimum absolute atomic E-state index is 0.312. The van der Waals surface area contributed by atoms with Gasteiger partial charge in [0.15, 0.2) is 11.6 Å². The fraction of sp³-hybridized carbons (Fsp3) is 0.421. The number of hydrogen-bond donors (Lipinski definition) is 0. The number of ether oxygens (including phenoxy) is 1. The van der Waals surface area contributed by atoms with Gasteiger partial charge in [0, 0.05) is 19.2 Å². The molecule has 2 heterocycles. The van der Waals surface area contributed by atoms with Crippen molar-refractivity contribution in [2.75, 3.05) is 7.11 Å². The molecule has 0 amide bonds. The molecule has 1 aromatic carbocycles. The van der Waals surface area contributed by atoms with E-state index in [2.05, 4.69) is 36.9 Å². The maximum atomic E-state index is 5.48. The van der Waals surface area contributed by atoms with E-state index in [-0.39, 0.29) is 0 Å². The van der Waals surface area contributed by atoms with Gasteiger partial charge in [-0.05, 0) is 36.5 Å². The van der Waals surface area contributed by atoms with E-state index in [0.29, 0.717) is 11.3 Å². The molecule has 1 aliphatic rings. The zero-order chi connectivity index (χ0) is 17.8.